The third kappa shape index (κ3) is 4.60. The summed E-state index contributed by atoms with van der Waals surface area (Å²) in [4.78, 5) is 32.8. The van der Waals surface area contributed by atoms with E-state index in [1.807, 2.05) is 9.80 Å². The van der Waals surface area contributed by atoms with Crippen LogP contribution in [0, 0.1) is 5.41 Å². The van der Waals surface area contributed by atoms with E-state index >= 15 is 0 Å². The molecular formula is C18H29N5O3. The average Bonchev–Trinajstić information content (AvgIpc) is 3.17. The molecular weight excluding hydrogens is 334 g/mol. The van der Waals surface area contributed by atoms with Crippen LogP contribution in [0.25, 0.3) is 0 Å². The van der Waals surface area contributed by atoms with Crippen LogP contribution < -0.4 is 0 Å². The summed E-state index contributed by atoms with van der Waals surface area (Å²) in [5.41, 5.74) is 0.0577. The van der Waals surface area contributed by atoms with Gasteiger partial charge in [-0.3, -0.25) is 14.3 Å². The van der Waals surface area contributed by atoms with Gasteiger partial charge in [-0.1, -0.05) is 0 Å². The van der Waals surface area contributed by atoms with Gasteiger partial charge in [-0.05, 0) is 25.7 Å². The number of methoxy groups -OCH3 is 1. The van der Waals surface area contributed by atoms with Crippen molar-refractivity contribution in [3.8, 4) is 0 Å². The molecule has 1 spiro atoms. The molecule has 8 nitrogen and oxygen atoms in total. The van der Waals surface area contributed by atoms with E-state index in [-0.39, 0.29) is 17.2 Å². The molecule has 3 rings (SSSR count). The zero-order valence-electron chi connectivity index (χ0n) is 15.6. The number of likely N-dealkylation sites (tertiary alicyclic amines) is 2. The van der Waals surface area contributed by atoms with Gasteiger partial charge in [-0.15, -0.1) is 0 Å². The lowest BCUT2D eigenvalue weighted by Gasteiger charge is -2.48. The molecule has 1 atom stereocenters. The van der Waals surface area contributed by atoms with Gasteiger partial charge >= 0.3 is 0 Å². The van der Waals surface area contributed by atoms with Crippen molar-refractivity contribution in [2.75, 3.05) is 39.9 Å². The molecule has 8 heteroatoms. The van der Waals surface area contributed by atoms with Crippen molar-refractivity contribution in [2.45, 2.75) is 45.1 Å². The maximum atomic E-state index is 12.6. The number of rotatable bonds is 7. The number of carbonyl (C=O) groups excluding carboxylic acids is 2. The molecule has 1 aromatic heterocycles. The molecule has 0 bridgehead atoms. The van der Waals surface area contributed by atoms with Gasteiger partial charge in [0.15, 0.2) is 0 Å². The van der Waals surface area contributed by atoms with E-state index in [1.165, 1.54) is 6.33 Å². The van der Waals surface area contributed by atoms with Crippen molar-refractivity contribution < 1.29 is 14.3 Å². The highest BCUT2D eigenvalue weighted by atomic mass is 16.5. The number of carbonyl (C=O) groups is 2. The fourth-order valence-electron chi connectivity index (χ4n) is 4.18. The fraction of sp³-hybridized carbons (Fsp3) is 0.778. The number of aromatic nitrogens is 3. The zero-order valence-corrected chi connectivity index (χ0v) is 15.6. The van der Waals surface area contributed by atoms with E-state index in [0.717, 1.165) is 51.9 Å². The lowest BCUT2D eigenvalue weighted by Crippen LogP contribution is -2.55. The fourth-order valence-corrected chi connectivity index (χ4v) is 4.18. The zero-order chi connectivity index (χ0) is 18.4. The van der Waals surface area contributed by atoms with E-state index in [2.05, 4.69) is 10.1 Å². The number of hydrogen-bond acceptors (Lipinski definition) is 5. The van der Waals surface area contributed by atoms with Gasteiger partial charge in [0, 0.05) is 58.2 Å². The van der Waals surface area contributed by atoms with E-state index in [4.69, 9.17) is 4.74 Å². The molecule has 2 saturated heterocycles. The first-order valence-electron chi connectivity index (χ1n) is 9.49. The number of hydrogen-bond donors (Lipinski definition) is 0. The molecule has 0 radical (unpaired) electrons. The minimum absolute atomic E-state index is 0.0577. The molecule has 0 aliphatic carbocycles. The lowest BCUT2D eigenvalue weighted by atomic mass is 9.73. The largest absolute Gasteiger partial charge is 0.385 e. The van der Waals surface area contributed by atoms with Crippen molar-refractivity contribution in [2.24, 2.45) is 5.41 Å². The summed E-state index contributed by atoms with van der Waals surface area (Å²) in [5.74, 6) is 0.406. The molecule has 1 aromatic rings. The van der Waals surface area contributed by atoms with Gasteiger partial charge in [0.05, 0.1) is 6.54 Å². The molecule has 3 heterocycles. The van der Waals surface area contributed by atoms with Crippen molar-refractivity contribution in [3.63, 3.8) is 0 Å². The summed E-state index contributed by atoms with van der Waals surface area (Å²) in [5, 5.41) is 4.05. The van der Waals surface area contributed by atoms with E-state index in [0.29, 0.717) is 26.0 Å². The topological polar surface area (TPSA) is 80.6 Å². The molecule has 0 unspecified atom stereocenters. The van der Waals surface area contributed by atoms with E-state index < -0.39 is 0 Å². The second-order valence-electron chi connectivity index (χ2n) is 7.49. The van der Waals surface area contributed by atoms with Crippen LogP contribution in [0.1, 0.15) is 38.5 Å². The Morgan fingerprint density at radius 2 is 2.19 bits per heavy atom. The predicted octanol–water partition coefficient (Wildman–Crippen LogP) is 0.936. The van der Waals surface area contributed by atoms with Gasteiger partial charge in [-0.25, -0.2) is 4.98 Å². The molecule has 2 aliphatic rings. The Bertz CT molecular complexity index is 606. The Labute approximate surface area is 154 Å². The van der Waals surface area contributed by atoms with Gasteiger partial charge in [-0.2, -0.15) is 5.10 Å². The molecule has 0 aromatic carbocycles. The molecule has 144 valence electrons. The van der Waals surface area contributed by atoms with E-state index in [1.54, 1.807) is 18.1 Å². The van der Waals surface area contributed by atoms with Crippen LogP contribution in [-0.4, -0.2) is 76.3 Å². The summed E-state index contributed by atoms with van der Waals surface area (Å²) in [7, 11) is 1.68. The Morgan fingerprint density at radius 1 is 1.31 bits per heavy atom. The van der Waals surface area contributed by atoms with Crippen LogP contribution in [0.15, 0.2) is 12.7 Å². The number of aryl methyl sites for hydroxylation is 1. The van der Waals surface area contributed by atoms with E-state index in [9.17, 15) is 9.59 Å². The highest BCUT2D eigenvalue weighted by Crippen LogP contribution is 2.39. The highest BCUT2D eigenvalue weighted by Gasteiger charge is 2.42. The molecule has 2 aliphatic heterocycles. The molecule has 2 fully saturated rings. The second kappa shape index (κ2) is 8.62. The number of nitrogens with zero attached hydrogens (tertiary/aromatic N) is 5. The first kappa shape index (κ1) is 18.8. The number of ether oxygens (including phenoxy) is 1. The minimum Gasteiger partial charge on any atom is -0.385 e. The normalized spacial score (nSPS) is 23.7. The van der Waals surface area contributed by atoms with Crippen LogP contribution in [0.3, 0.4) is 0 Å². The maximum absolute atomic E-state index is 12.6. The quantitative estimate of drug-likeness (QED) is 0.674. The first-order valence-corrected chi connectivity index (χ1v) is 9.49. The molecule has 2 amide bonds. The minimum atomic E-state index is 0.0577. The second-order valence-corrected chi connectivity index (χ2v) is 7.49. The summed E-state index contributed by atoms with van der Waals surface area (Å²) in [6, 6.07) is 0. The standard InChI is InChI=1S/C18H29N5O3/c1-26-11-3-9-22-13-18(7-4-16(22)24)6-2-8-21(12-18)17(25)5-10-23-15-19-14-20-23/h14-15H,2-13H2,1H3/t18-/m1/s1. The van der Waals surface area contributed by atoms with Crippen LogP contribution in [0.2, 0.25) is 0 Å². The predicted molar refractivity (Wildman–Crippen MR) is 95.2 cm³/mol. The molecule has 0 N–H and O–H groups in total. The monoisotopic (exact) mass is 363 g/mol. The SMILES string of the molecule is COCCCN1C[C@]2(CCCN(C(=O)CCn3cncn3)C2)CCC1=O. The highest BCUT2D eigenvalue weighted by molar-refractivity contribution is 5.78. The van der Waals surface area contributed by atoms with Gasteiger partial charge in [0.2, 0.25) is 11.8 Å². The summed E-state index contributed by atoms with van der Waals surface area (Å²) >= 11 is 0. The van der Waals surface area contributed by atoms with Crippen LogP contribution >= 0.6 is 0 Å². The summed E-state index contributed by atoms with van der Waals surface area (Å²) < 4.78 is 6.80. The van der Waals surface area contributed by atoms with Crippen LogP contribution in [0.5, 0.6) is 0 Å². The first-order chi connectivity index (χ1) is 12.6. The Morgan fingerprint density at radius 3 is 2.96 bits per heavy atom. The van der Waals surface area contributed by atoms with Crippen LogP contribution in [-0.2, 0) is 20.9 Å². The average molecular weight is 363 g/mol. The smallest absolute Gasteiger partial charge is 0.224 e. The number of amides is 2. The van der Waals surface area contributed by atoms with Gasteiger partial charge in [0.1, 0.15) is 12.7 Å². The van der Waals surface area contributed by atoms with Crippen molar-refractivity contribution in [3.05, 3.63) is 12.7 Å². The maximum Gasteiger partial charge on any atom is 0.224 e. The van der Waals surface area contributed by atoms with Crippen LogP contribution in [0.4, 0.5) is 0 Å². The lowest BCUT2D eigenvalue weighted by molar-refractivity contribution is -0.143. The van der Waals surface area contributed by atoms with Crippen molar-refractivity contribution >= 4 is 11.8 Å². The van der Waals surface area contributed by atoms with Gasteiger partial charge in [0.25, 0.3) is 0 Å². The third-order valence-electron chi connectivity index (χ3n) is 5.56. The molecule has 0 saturated carbocycles. The molecule has 26 heavy (non-hydrogen) atoms. The van der Waals surface area contributed by atoms with Crippen molar-refractivity contribution in [1.29, 1.82) is 0 Å². The third-order valence-corrected chi connectivity index (χ3v) is 5.56. The summed E-state index contributed by atoms with van der Waals surface area (Å²) in [6.45, 7) is 4.32. The Balaban J connectivity index is 1.55. The van der Waals surface area contributed by atoms with Crippen molar-refractivity contribution in [1.82, 2.24) is 24.6 Å². The Hall–Kier alpha value is -1.96. The number of piperidine rings is 2. The Kier molecular flexibility index (Phi) is 6.24. The van der Waals surface area contributed by atoms with Gasteiger partial charge < -0.3 is 14.5 Å². The summed E-state index contributed by atoms with van der Waals surface area (Å²) in [6.07, 6.45) is 8.00.